The number of allylic oxidation sites excluding steroid dienone is 11. The van der Waals surface area contributed by atoms with Crippen molar-refractivity contribution in [2.24, 2.45) is 11.7 Å². The number of primary amides is 1. The monoisotopic (exact) mass is 1080 g/mol. The number of carbonyl (C=O) groups excluding carboxylic acids is 9. The number of nitrogens with two attached hydrogens (primary N) is 1. The summed E-state index contributed by atoms with van der Waals surface area (Å²) in [6.07, 6.45) is 18.4. The summed E-state index contributed by atoms with van der Waals surface area (Å²) in [5.74, 6) is -5.46. The maximum atomic E-state index is 14.7. The summed E-state index contributed by atoms with van der Waals surface area (Å²) in [6, 6.07) is -6.97. The molecule has 0 bridgehead atoms. The molecule has 78 heavy (non-hydrogen) atoms. The Kier molecular flexibility index (Phi) is 31.2. The molecule has 2 unspecified atom stereocenters. The molecule has 0 aromatic rings. The normalized spacial score (nSPS) is 15.1. The number of hydrogen-bond acceptors (Lipinski definition) is 10. The molecule has 432 valence electrons. The fraction of sp³-hybridized carbons (Fsp3) is 0.542. The second-order valence-corrected chi connectivity index (χ2v) is 20.6. The number of hydrogen-bond donors (Lipinski definition) is 3. The molecule has 19 heteroatoms. The molecule has 0 radical (unpaired) electrons. The molecule has 4 N–H and O–H groups in total. The van der Waals surface area contributed by atoms with Gasteiger partial charge in [-0.3, -0.25) is 43.2 Å². The van der Waals surface area contributed by atoms with Crippen LogP contribution >= 0.6 is 0 Å². The quantitative estimate of drug-likeness (QED) is 0.0755. The van der Waals surface area contributed by atoms with Crippen LogP contribution in [0.3, 0.4) is 0 Å². The number of piperidine rings is 1. The van der Waals surface area contributed by atoms with Gasteiger partial charge in [-0.05, 0) is 95.9 Å². The largest absolute Gasteiger partial charge is 0.368 e. The standard InChI is InChI=1S/C59H92N10O9/c1-17-22-29-42(8)30-26-31-46(61-56(75)50(36-41(6)7)68(16)59(78)48(33-32-44(20-4)27-18-2)66(14)52(71)39-63(10)11)57(76)65(13)43(9)55(74)62-47(58(77)69-34-24-23-25-35-69)38-51(70)64(12)40-53(72)67(15)49(54(60)73)37-45(21-5)28-19-3/h17-22,27-29,41,43,46-50H,1-5,8,23-26,30-40H2,6-7,9-16H3,(H2,60,73)(H,61,75)(H,62,74)/b29-22-,44-27+,45-28+/t43?,46-,47?,48-,49-,50-/m0/s1. The Hall–Kier alpha value is -7.15. The summed E-state index contributed by atoms with van der Waals surface area (Å²) in [4.78, 5) is 135. The lowest BCUT2D eigenvalue weighted by atomic mass is 9.98. The van der Waals surface area contributed by atoms with Crippen LogP contribution in [0.5, 0.6) is 0 Å². The Labute approximate surface area is 465 Å². The van der Waals surface area contributed by atoms with Crippen LogP contribution in [0.4, 0.5) is 0 Å². The van der Waals surface area contributed by atoms with E-state index in [-0.39, 0.29) is 44.1 Å². The van der Waals surface area contributed by atoms with Gasteiger partial charge in [0.15, 0.2) is 0 Å². The van der Waals surface area contributed by atoms with Crippen LogP contribution in [0.25, 0.3) is 0 Å². The van der Waals surface area contributed by atoms with Crippen LogP contribution in [0.1, 0.15) is 91.4 Å². The van der Waals surface area contributed by atoms with Gasteiger partial charge in [0.25, 0.3) is 0 Å². The highest BCUT2D eigenvalue weighted by molar-refractivity contribution is 5.98. The second kappa shape index (κ2) is 35.3. The molecular formula is C59H92N10O9. The highest BCUT2D eigenvalue weighted by atomic mass is 16.2. The summed E-state index contributed by atoms with van der Waals surface area (Å²) in [5.41, 5.74) is 7.83. The summed E-state index contributed by atoms with van der Waals surface area (Å²) in [6.45, 7) is 28.4. The van der Waals surface area contributed by atoms with Gasteiger partial charge in [-0.2, -0.15) is 0 Å². The highest BCUT2D eigenvalue weighted by Crippen LogP contribution is 2.21. The first-order chi connectivity index (χ1) is 36.7. The van der Waals surface area contributed by atoms with Gasteiger partial charge in [0.1, 0.15) is 36.3 Å². The molecule has 1 heterocycles. The van der Waals surface area contributed by atoms with Gasteiger partial charge in [0, 0.05) is 54.7 Å². The van der Waals surface area contributed by atoms with Crippen LogP contribution in [0.15, 0.2) is 111 Å². The van der Waals surface area contributed by atoms with E-state index < -0.39 is 96.5 Å². The number of rotatable bonds is 35. The van der Waals surface area contributed by atoms with Gasteiger partial charge in [0.2, 0.25) is 53.2 Å². The minimum atomic E-state index is -1.39. The van der Waals surface area contributed by atoms with E-state index in [2.05, 4.69) is 50.1 Å². The van der Waals surface area contributed by atoms with Crippen molar-refractivity contribution >= 4 is 53.2 Å². The SMILES string of the molecule is C=C/C=C\C(=C)CCC[C@H](NC(=O)[C@H](CC(C)C)N(C)C(=O)[C@H](CC/C(C=C)=C/C=C)N(C)C(=O)CN(C)C)C(=O)N(C)C(C)C(=O)NC(CC(=O)N(C)CC(=O)N(C)[C@@H](C/C(C=C)=C/C=C)C(N)=O)C(=O)N1CCCCC1. The van der Waals surface area contributed by atoms with Crippen molar-refractivity contribution in [1.29, 1.82) is 0 Å². The van der Waals surface area contributed by atoms with Crippen molar-refractivity contribution in [2.75, 3.05) is 75.5 Å². The Morgan fingerprint density at radius 3 is 1.71 bits per heavy atom. The third kappa shape index (κ3) is 22.8. The van der Waals surface area contributed by atoms with E-state index in [4.69, 9.17) is 5.73 Å². The summed E-state index contributed by atoms with van der Waals surface area (Å²) in [5, 5.41) is 5.64. The molecule has 0 aliphatic carbocycles. The van der Waals surface area contributed by atoms with Crippen LogP contribution < -0.4 is 16.4 Å². The van der Waals surface area contributed by atoms with Crippen molar-refractivity contribution in [1.82, 2.24) is 44.9 Å². The van der Waals surface area contributed by atoms with Crippen molar-refractivity contribution in [3.05, 3.63) is 111 Å². The average Bonchev–Trinajstić information content (AvgIpc) is 3.40. The van der Waals surface area contributed by atoms with Crippen LogP contribution in [0, 0.1) is 5.92 Å². The predicted octanol–water partition coefficient (Wildman–Crippen LogP) is 4.47. The van der Waals surface area contributed by atoms with Gasteiger partial charge < -0.3 is 50.7 Å². The summed E-state index contributed by atoms with van der Waals surface area (Å²) >= 11 is 0. The van der Waals surface area contributed by atoms with E-state index in [1.807, 2.05) is 13.8 Å². The molecule has 6 atom stereocenters. The molecule has 1 fully saturated rings. The Morgan fingerprint density at radius 1 is 0.603 bits per heavy atom. The lowest BCUT2D eigenvalue weighted by Gasteiger charge is -2.36. The molecule has 9 amide bonds. The van der Waals surface area contributed by atoms with E-state index >= 15 is 0 Å². The van der Waals surface area contributed by atoms with Crippen LogP contribution in [-0.4, -0.2) is 199 Å². The molecule has 0 aromatic carbocycles. The zero-order valence-corrected chi connectivity index (χ0v) is 48.5. The number of likely N-dealkylation sites (tertiary alicyclic amines) is 1. The van der Waals surface area contributed by atoms with E-state index in [1.54, 1.807) is 73.5 Å². The minimum Gasteiger partial charge on any atom is -0.368 e. The predicted molar refractivity (Wildman–Crippen MR) is 309 cm³/mol. The molecule has 1 rings (SSSR count). The van der Waals surface area contributed by atoms with E-state index in [9.17, 15) is 43.2 Å². The summed E-state index contributed by atoms with van der Waals surface area (Å²) in [7, 11) is 10.7. The molecular weight excluding hydrogens is 993 g/mol. The first-order valence-electron chi connectivity index (χ1n) is 26.7. The average molecular weight is 1090 g/mol. The lowest BCUT2D eigenvalue weighted by molar-refractivity contribution is -0.149. The molecule has 0 spiro atoms. The third-order valence-corrected chi connectivity index (χ3v) is 13.8. The maximum Gasteiger partial charge on any atom is 0.245 e. The van der Waals surface area contributed by atoms with Gasteiger partial charge >= 0.3 is 0 Å². The lowest BCUT2D eigenvalue weighted by Crippen LogP contribution is -2.60. The molecule has 1 saturated heterocycles. The minimum absolute atomic E-state index is 0.0417. The Morgan fingerprint density at radius 2 is 1.17 bits per heavy atom. The fourth-order valence-corrected chi connectivity index (χ4v) is 8.74. The first kappa shape index (κ1) is 68.9. The van der Waals surface area contributed by atoms with Gasteiger partial charge in [0.05, 0.1) is 19.5 Å². The molecule has 1 aliphatic rings. The van der Waals surface area contributed by atoms with Crippen molar-refractivity contribution in [3.8, 4) is 0 Å². The van der Waals surface area contributed by atoms with Crippen molar-refractivity contribution < 1.29 is 43.2 Å². The van der Waals surface area contributed by atoms with E-state index in [0.29, 0.717) is 37.9 Å². The van der Waals surface area contributed by atoms with Gasteiger partial charge in [-0.25, -0.2) is 0 Å². The topological polar surface area (TPSA) is 226 Å². The Balaban J connectivity index is 3.64. The smallest absolute Gasteiger partial charge is 0.245 e. The Bertz CT molecular complexity index is 2260. The molecule has 0 aromatic heterocycles. The van der Waals surface area contributed by atoms with Gasteiger partial charge in [-0.15, -0.1) is 0 Å². The number of nitrogens with zero attached hydrogens (tertiary/aromatic N) is 7. The number of likely N-dealkylation sites (N-methyl/N-ethyl adjacent to an activating group) is 6. The third-order valence-electron chi connectivity index (χ3n) is 13.8. The number of nitrogens with one attached hydrogen (secondary N) is 2. The number of carbonyl (C=O) groups is 9. The molecule has 19 nitrogen and oxygen atoms in total. The zero-order valence-electron chi connectivity index (χ0n) is 48.5. The zero-order chi connectivity index (χ0) is 59.4. The number of amides is 9. The second-order valence-electron chi connectivity index (χ2n) is 20.6. The fourth-order valence-electron chi connectivity index (χ4n) is 8.74. The molecule has 1 aliphatic heterocycles. The first-order valence-corrected chi connectivity index (χ1v) is 26.7. The summed E-state index contributed by atoms with van der Waals surface area (Å²) < 4.78 is 0. The van der Waals surface area contributed by atoms with Crippen molar-refractivity contribution in [3.63, 3.8) is 0 Å². The maximum absolute atomic E-state index is 14.7. The van der Waals surface area contributed by atoms with Crippen LogP contribution in [0.2, 0.25) is 0 Å². The van der Waals surface area contributed by atoms with E-state index in [1.165, 1.54) is 57.1 Å². The highest BCUT2D eigenvalue weighted by Gasteiger charge is 2.39. The van der Waals surface area contributed by atoms with Crippen LogP contribution in [-0.2, 0) is 43.2 Å². The van der Waals surface area contributed by atoms with Gasteiger partial charge in [-0.1, -0.05) is 114 Å². The van der Waals surface area contributed by atoms with E-state index in [0.717, 1.165) is 45.1 Å². The molecule has 0 saturated carbocycles. The van der Waals surface area contributed by atoms with Crippen molar-refractivity contribution in [2.45, 2.75) is 128 Å².